The summed E-state index contributed by atoms with van der Waals surface area (Å²) in [4.78, 5) is 17.5. The third kappa shape index (κ3) is 3.88. The summed E-state index contributed by atoms with van der Waals surface area (Å²) in [5, 5.41) is 3.87. The van der Waals surface area contributed by atoms with Crippen LogP contribution in [0.2, 0.25) is 0 Å². The summed E-state index contributed by atoms with van der Waals surface area (Å²) in [6, 6.07) is 25.8. The molecule has 1 fully saturated rings. The average Bonchev–Trinajstić information content (AvgIpc) is 3.59. The summed E-state index contributed by atoms with van der Waals surface area (Å²) in [7, 11) is 0. The molecule has 1 aliphatic carbocycles. The first-order valence-electron chi connectivity index (χ1n) is 10.3. The smallest absolute Gasteiger partial charge is 0.253 e. The number of aromatic nitrogens is 1. The lowest BCUT2D eigenvalue weighted by Gasteiger charge is -2.28. The van der Waals surface area contributed by atoms with Crippen LogP contribution in [0.1, 0.15) is 28.3 Å². The zero-order chi connectivity index (χ0) is 22.1. The van der Waals surface area contributed by atoms with Crippen molar-refractivity contribution < 1.29 is 13.6 Å². The van der Waals surface area contributed by atoms with Crippen molar-refractivity contribution in [2.24, 2.45) is 0 Å². The van der Waals surface area contributed by atoms with Crippen LogP contribution in [0.15, 0.2) is 91.1 Å². The molecule has 3 aromatic carbocycles. The van der Waals surface area contributed by atoms with E-state index in [1.54, 1.807) is 48.7 Å². The van der Waals surface area contributed by atoms with Crippen molar-refractivity contribution >= 4 is 39.5 Å². The quantitative estimate of drug-likeness (QED) is 0.447. The van der Waals surface area contributed by atoms with Crippen LogP contribution in [0.5, 0.6) is 0 Å². The number of hydrogen-bond donors (Lipinski definition) is 1. The van der Waals surface area contributed by atoms with E-state index in [9.17, 15) is 13.6 Å². The minimum absolute atomic E-state index is 0.0309. The van der Waals surface area contributed by atoms with Crippen LogP contribution in [-0.2, 0) is 11.3 Å². The molecular formula is C25H20N3O3S-. The Hall–Kier alpha value is -3.55. The van der Waals surface area contributed by atoms with E-state index < -0.39 is 11.3 Å². The first-order valence-corrected chi connectivity index (χ1v) is 11.3. The highest BCUT2D eigenvalue weighted by atomic mass is 32.2. The number of amides is 1. The van der Waals surface area contributed by atoms with E-state index in [1.165, 1.54) is 5.56 Å². The molecular weight excluding hydrogens is 422 g/mol. The molecule has 160 valence electrons. The number of anilines is 2. The van der Waals surface area contributed by atoms with Crippen molar-refractivity contribution in [3.8, 4) is 0 Å². The standard InChI is InChI=1S/C25H21N3O3S/c29-25(27-21-16-20(21)17-8-2-1-3-9-17)19-12-4-5-13-22(19)28(32(30)31)23-14-6-10-18-11-7-15-26-24(18)23/h1-15,20-21H,16H2,(H,27,29)(H,30,31)/p-1. The third-order valence-corrected chi connectivity index (χ3v) is 6.37. The fourth-order valence-electron chi connectivity index (χ4n) is 4.05. The minimum atomic E-state index is -2.66. The van der Waals surface area contributed by atoms with Gasteiger partial charge in [0.25, 0.3) is 5.91 Å². The molecule has 1 aromatic heterocycles. The number of benzene rings is 3. The van der Waals surface area contributed by atoms with E-state index in [0.717, 1.165) is 16.1 Å². The van der Waals surface area contributed by atoms with E-state index in [2.05, 4.69) is 22.4 Å². The van der Waals surface area contributed by atoms with Crippen molar-refractivity contribution in [3.63, 3.8) is 0 Å². The lowest BCUT2D eigenvalue weighted by molar-refractivity contribution is 0.0951. The second-order valence-electron chi connectivity index (χ2n) is 7.71. The summed E-state index contributed by atoms with van der Waals surface area (Å²) >= 11 is -2.66. The number of carbonyl (C=O) groups is 1. The molecule has 1 heterocycles. The van der Waals surface area contributed by atoms with E-state index >= 15 is 0 Å². The summed E-state index contributed by atoms with van der Waals surface area (Å²) in [5.74, 6) is -0.0213. The second kappa shape index (κ2) is 8.53. The highest BCUT2D eigenvalue weighted by molar-refractivity contribution is 7.81. The van der Waals surface area contributed by atoms with Gasteiger partial charge in [0.1, 0.15) is 0 Å². The molecule has 0 saturated heterocycles. The van der Waals surface area contributed by atoms with Gasteiger partial charge in [-0.05, 0) is 36.2 Å². The monoisotopic (exact) mass is 442 g/mol. The van der Waals surface area contributed by atoms with E-state index in [1.807, 2.05) is 30.3 Å². The fraction of sp³-hybridized carbons (Fsp3) is 0.120. The van der Waals surface area contributed by atoms with Gasteiger partial charge in [0, 0.05) is 23.5 Å². The van der Waals surface area contributed by atoms with Gasteiger partial charge >= 0.3 is 0 Å². The number of rotatable bonds is 6. The molecule has 3 atom stereocenters. The topological polar surface area (TPSA) is 85.4 Å². The molecule has 1 amide bonds. The van der Waals surface area contributed by atoms with Crippen LogP contribution in [0.25, 0.3) is 10.9 Å². The van der Waals surface area contributed by atoms with Gasteiger partial charge in [0.05, 0.1) is 33.7 Å². The Bertz CT molecular complexity index is 1310. The molecule has 0 aliphatic heterocycles. The predicted octanol–water partition coefficient (Wildman–Crippen LogP) is 4.45. The number of nitrogens with one attached hydrogen (secondary N) is 1. The molecule has 32 heavy (non-hydrogen) atoms. The van der Waals surface area contributed by atoms with Gasteiger partial charge in [-0.3, -0.25) is 18.3 Å². The first kappa shape index (κ1) is 20.4. The molecule has 7 heteroatoms. The van der Waals surface area contributed by atoms with E-state index in [4.69, 9.17) is 0 Å². The maximum absolute atomic E-state index is 13.2. The van der Waals surface area contributed by atoms with Crippen LogP contribution in [-0.4, -0.2) is 25.7 Å². The van der Waals surface area contributed by atoms with Gasteiger partial charge in [0.15, 0.2) is 0 Å². The zero-order valence-electron chi connectivity index (χ0n) is 17.0. The lowest BCUT2D eigenvalue weighted by atomic mass is 10.1. The third-order valence-electron chi connectivity index (χ3n) is 5.68. The molecule has 5 rings (SSSR count). The summed E-state index contributed by atoms with van der Waals surface area (Å²) in [6.45, 7) is 0. The van der Waals surface area contributed by atoms with Crippen molar-refractivity contribution in [1.29, 1.82) is 0 Å². The zero-order valence-corrected chi connectivity index (χ0v) is 17.9. The molecule has 6 nitrogen and oxygen atoms in total. The molecule has 0 radical (unpaired) electrons. The Morgan fingerprint density at radius 2 is 1.66 bits per heavy atom. The molecule has 3 unspecified atom stereocenters. The van der Waals surface area contributed by atoms with Crippen molar-refractivity contribution in [1.82, 2.24) is 10.3 Å². The maximum Gasteiger partial charge on any atom is 0.253 e. The van der Waals surface area contributed by atoms with Gasteiger partial charge in [0.2, 0.25) is 0 Å². The van der Waals surface area contributed by atoms with Crippen molar-refractivity contribution in [2.75, 3.05) is 4.31 Å². The van der Waals surface area contributed by atoms with Crippen LogP contribution < -0.4 is 9.62 Å². The maximum atomic E-state index is 13.2. The highest BCUT2D eigenvalue weighted by Crippen LogP contribution is 2.41. The molecule has 0 bridgehead atoms. The summed E-state index contributed by atoms with van der Waals surface area (Å²) in [5.41, 5.74) is 2.71. The molecule has 4 aromatic rings. The van der Waals surface area contributed by atoms with E-state index in [-0.39, 0.29) is 23.6 Å². The van der Waals surface area contributed by atoms with Gasteiger partial charge < -0.3 is 9.87 Å². The Balaban J connectivity index is 1.48. The first-order chi connectivity index (χ1) is 15.6. The van der Waals surface area contributed by atoms with Gasteiger partial charge in [-0.1, -0.05) is 60.7 Å². The van der Waals surface area contributed by atoms with E-state index in [0.29, 0.717) is 16.8 Å². The lowest BCUT2D eigenvalue weighted by Crippen LogP contribution is -2.29. The second-order valence-corrected chi connectivity index (χ2v) is 8.51. The van der Waals surface area contributed by atoms with Crippen molar-refractivity contribution in [2.45, 2.75) is 18.4 Å². The Kier molecular flexibility index (Phi) is 5.43. The SMILES string of the molecule is O=C(NC1CC1c1ccccc1)c1ccccc1N(c1cccc2cccnc12)S(=O)[O-]. The number of fused-ring (bicyclic) bond motifs is 1. The molecule has 1 saturated carbocycles. The fourth-order valence-corrected chi connectivity index (χ4v) is 4.68. The predicted molar refractivity (Wildman–Crippen MR) is 124 cm³/mol. The number of pyridine rings is 1. The van der Waals surface area contributed by atoms with Crippen LogP contribution in [0, 0.1) is 0 Å². The molecule has 1 N–H and O–H groups in total. The van der Waals surface area contributed by atoms with Crippen LogP contribution in [0.4, 0.5) is 11.4 Å². The largest absolute Gasteiger partial charge is 0.755 e. The Morgan fingerprint density at radius 3 is 2.47 bits per heavy atom. The van der Waals surface area contributed by atoms with Gasteiger partial charge in [-0.15, -0.1) is 0 Å². The average molecular weight is 443 g/mol. The van der Waals surface area contributed by atoms with Crippen LogP contribution in [0.3, 0.4) is 0 Å². The summed E-state index contributed by atoms with van der Waals surface area (Å²) < 4.78 is 25.8. The number of carbonyl (C=O) groups excluding carboxylic acids is 1. The Morgan fingerprint density at radius 1 is 0.938 bits per heavy atom. The van der Waals surface area contributed by atoms with Crippen LogP contribution >= 0.6 is 0 Å². The van der Waals surface area contributed by atoms with Gasteiger partial charge in [-0.25, -0.2) is 0 Å². The molecule has 0 spiro atoms. The molecule has 1 aliphatic rings. The minimum Gasteiger partial charge on any atom is -0.755 e. The van der Waals surface area contributed by atoms with Crippen molar-refractivity contribution in [3.05, 3.63) is 102 Å². The Labute approximate surface area is 188 Å². The normalized spacial score (nSPS) is 18.2. The summed E-state index contributed by atoms with van der Waals surface area (Å²) in [6.07, 6.45) is 2.48. The number of hydrogen-bond acceptors (Lipinski definition) is 4. The highest BCUT2D eigenvalue weighted by Gasteiger charge is 2.39. The van der Waals surface area contributed by atoms with Gasteiger partial charge in [-0.2, -0.15) is 0 Å². The number of para-hydroxylation sites is 2. The number of nitrogens with zero attached hydrogens (tertiary/aromatic N) is 2.